The summed E-state index contributed by atoms with van der Waals surface area (Å²) in [5, 5.41) is 0.768. The maximum atomic E-state index is 14.1. The Morgan fingerprint density at radius 1 is 1.35 bits per heavy atom. The molecule has 0 aliphatic carbocycles. The van der Waals surface area contributed by atoms with E-state index in [0.717, 1.165) is 21.5 Å². The lowest BCUT2D eigenvalue weighted by Crippen LogP contribution is -2.21. The minimum atomic E-state index is -0.222. The molecule has 0 fully saturated rings. The van der Waals surface area contributed by atoms with Gasteiger partial charge in [0.2, 0.25) is 0 Å². The van der Waals surface area contributed by atoms with Gasteiger partial charge in [0.1, 0.15) is 10.8 Å². The monoisotopic (exact) mass is 354 g/mol. The molecule has 2 aromatic rings. The SMILES string of the molecule is CCC(N)Cc1cccc(F)c1Sc1ccc(Br)cn1. The number of hydrogen-bond donors (Lipinski definition) is 1. The fourth-order valence-electron chi connectivity index (χ4n) is 1.78. The fraction of sp³-hybridized carbons (Fsp3) is 0.267. The number of hydrogen-bond acceptors (Lipinski definition) is 3. The Morgan fingerprint density at radius 3 is 2.80 bits per heavy atom. The Labute approximate surface area is 131 Å². The first-order valence-corrected chi connectivity index (χ1v) is 8.03. The maximum Gasteiger partial charge on any atom is 0.137 e. The Bertz CT molecular complexity index is 575. The predicted molar refractivity (Wildman–Crippen MR) is 84.4 cm³/mol. The molecule has 1 heterocycles. The first-order chi connectivity index (χ1) is 9.60. The minimum absolute atomic E-state index is 0.0500. The number of halogens is 2. The fourth-order valence-corrected chi connectivity index (χ4v) is 2.92. The van der Waals surface area contributed by atoms with Crippen molar-refractivity contribution in [2.75, 3.05) is 0 Å². The molecule has 20 heavy (non-hydrogen) atoms. The molecule has 0 radical (unpaired) electrons. The Kier molecular flexibility index (Phi) is 5.57. The number of benzene rings is 1. The van der Waals surface area contributed by atoms with Crippen molar-refractivity contribution < 1.29 is 4.39 Å². The third-order valence-electron chi connectivity index (χ3n) is 2.96. The highest BCUT2D eigenvalue weighted by Crippen LogP contribution is 2.32. The van der Waals surface area contributed by atoms with Crippen molar-refractivity contribution >= 4 is 27.7 Å². The molecule has 2 nitrogen and oxygen atoms in total. The molecule has 0 spiro atoms. The third-order valence-corrected chi connectivity index (χ3v) is 4.54. The van der Waals surface area contributed by atoms with Gasteiger partial charge in [0.15, 0.2) is 0 Å². The van der Waals surface area contributed by atoms with Crippen LogP contribution < -0.4 is 5.73 Å². The van der Waals surface area contributed by atoms with Crippen molar-refractivity contribution in [3.8, 4) is 0 Å². The van der Waals surface area contributed by atoms with E-state index in [1.54, 1.807) is 12.3 Å². The largest absolute Gasteiger partial charge is 0.327 e. The molecule has 2 N–H and O–H groups in total. The molecule has 0 saturated carbocycles. The van der Waals surface area contributed by atoms with Gasteiger partial charge in [-0.2, -0.15) is 0 Å². The lowest BCUT2D eigenvalue weighted by molar-refractivity contribution is 0.585. The highest BCUT2D eigenvalue weighted by Gasteiger charge is 2.13. The van der Waals surface area contributed by atoms with Gasteiger partial charge in [0, 0.05) is 16.7 Å². The van der Waals surface area contributed by atoms with Crippen LogP contribution in [-0.4, -0.2) is 11.0 Å². The quantitative estimate of drug-likeness (QED) is 0.863. The first-order valence-electron chi connectivity index (χ1n) is 6.42. The van der Waals surface area contributed by atoms with Crippen molar-refractivity contribution in [1.82, 2.24) is 4.98 Å². The number of pyridine rings is 1. The topological polar surface area (TPSA) is 38.9 Å². The number of aromatic nitrogens is 1. The smallest absolute Gasteiger partial charge is 0.137 e. The summed E-state index contributed by atoms with van der Waals surface area (Å²) in [6.45, 7) is 2.03. The van der Waals surface area contributed by atoms with Gasteiger partial charge in [-0.3, -0.25) is 0 Å². The molecule has 1 aromatic carbocycles. The van der Waals surface area contributed by atoms with Crippen molar-refractivity contribution in [3.05, 3.63) is 52.4 Å². The van der Waals surface area contributed by atoms with E-state index < -0.39 is 0 Å². The summed E-state index contributed by atoms with van der Waals surface area (Å²) in [7, 11) is 0. The molecule has 106 valence electrons. The second-order valence-corrected chi connectivity index (χ2v) is 6.46. The van der Waals surface area contributed by atoms with Gasteiger partial charge >= 0.3 is 0 Å². The van der Waals surface area contributed by atoms with Crippen molar-refractivity contribution in [3.63, 3.8) is 0 Å². The summed E-state index contributed by atoms with van der Waals surface area (Å²) < 4.78 is 15.0. The Hall–Kier alpha value is -0.910. The highest BCUT2D eigenvalue weighted by atomic mass is 79.9. The van der Waals surface area contributed by atoms with Gasteiger partial charge in [-0.05, 0) is 52.5 Å². The van der Waals surface area contributed by atoms with Crippen LogP contribution in [0.4, 0.5) is 4.39 Å². The second kappa shape index (κ2) is 7.20. The van der Waals surface area contributed by atoms with E-state index in [-0.39, 0.29) is 11.9 Å². The summed E-state index contributed by atoms with van der Waals surface area (Å²) in [5.74, 6) is -0.222. The number of nitrogens with zero attached hydrogens (tertiary/aromatic N) is 1. The molecule has 5 heteroatoms. The van der Waals surface area contributed by atoms with Crippen LogP contribution in [0, 0.1) is 5.82 Å². The van der Waals surface area contributed by atoms with Crippen LogP contribution in [0.25, 0.3) is 0 Å². The molecule has 0 aliphatic heterocycles. The molecular formula is C15H16BrFN2S. The van der Waals surface area contributed by atoms with Crippen molar-refractivity contribution in [1.29, 1.82) is 0 Å². The average Bonchev–Trinajstić information content (AvgIpc) is 2.44. The van der Waals surface area contributed by atoms with Crippen molar-refractivity contribution in [2.24, 2.45) is 5.73 Å². The maximum absolute atomic E-state index is 14.1. The van der Waals surface area contributed by atoms with Gasteiger partial charge in [0.05, 0.1) is 4.90 Å². The Morgan fingerprint density at radius 2 is 2.15 bits per heavy atom. The summed E-state index contributed by atoms with van der Waals surface area (Å²) >= 11 is 4.68. The van der Waals surface area contributed by atoms with E-state index in [9.17, 15) is 4.39 Å². The highest BCUT2D eigenvalue weighted by molar-refractivity contribution is 9.10. The van der Waals surface area contributed by atoms with Crippen LogP contribution in [-0.2, 0) is 6.42 Å². The van der Waals surface area contributed by atoms with Gasteiger partial charge in [0.25, 0.3) is 0 Å². The van der Waals surface area contributed by atoms with Crippen LogP contribution in [0.15, 0.2) is 50.9 Å². The number of nitrogens with two attached hydrogens (primary N) is 1. The molecule has 2 rings (SSSR count). The van der Waals surface area contributed by atoms with Gasteiger partial charge < -0.3 is 5.73 Å². The lowest BCUT2D eigenvalue weighted by Gasteiger charge is -2.13. The molecular weight excluding hydrogens is 339 g/mol. The predicted octanol–water partition coefficient (Wildman–Crippen LogP) is 4.41. The van der Waals surface area contributed by atoms with E-state index in [1.165, 1.54) is 17.8 Å². The molecule has 1 atom stereocenters. The van der Waals surface area contributed by atoms with Crippen LogP contribution in [0.3, 0.4) is 0 Å². The third kappa shape index (κ3) is 4.04. The van der Waals surface area contributed by atoms with Gasteiger partial charge in [-0.1, -0.05) is 30.8 Å². The summed E-state index contributed by atoms with van der Waals surface area (Å²) in [6, 6.07) is 8.95. The van der Waals surface area contributed by atoms with Gasteiger partial charge in [-0.15, -0.1) is 0 Å². The van der Waals surface area contributed by atoms with E-state index in [1.807, 2.05) is 25.1 Å². The molecule has 0 bridgehead atoms. The average molecular weight is 355 g/mol. The summed E-state index contributed by atoms with van der Waals surface area (Å²) in [6.07, 6.45) is 3.25. The van der Waals surface area contributed by atoms with E-state index in [2.05, 4.69) is 20.9 Å². The first kappa shape index (κ1) is 15.5. The second-order valence-electron chi connectivity index (χ2n) is 4.52. The van der Waals surface area contributed by atoms with Crippen LogP contribution >= 0.6 is 27.7 Å². The van der Waals surface area contributed by atoms with E-state index in [0.29, 0.717) is 11.3 Å². The molecule has 1 aromatic heterocycles. The molecule has 0 saturated heterocycles. The standard InChI is InChI=1S/C15H16BrFN2S/c1-2-12(18)8-10-4-3-5-13(17)15(10)20-14-7-6-11(16)9-19-14/h3-7,9,12H,2,8,18H2,1H3. The zero-order valence-corrected chi connectivity index (χ0v) is 13.5. The molecule has 0 aliphatic rings. The summed E-state index contributed by atoms with van der Waals surface area (Å²) in [4.78, 5) is 4.89. The van der Waals surface area contributed by atoms with E-state index >= 15 is 0 Å². The Balaban J connectivity index is 2.27. The van der Waals surface area contributed by atoms with Crippen molar-refractivity contribution in [2.45, 2.75) is 35.7 Å². The van der Waals surface area contributed by atoms with Crippen LogP contribution in [0.5, 0.6) is 0 Å². The molecule has 1 unspecified atom stereocenters. The van der Waals surface area contributed by atoms with Crippen LogP contribution in [0.2, 0.25) is 0 Å². The van der Waals surface area contributed by atoms with Gasteiger partial charge in [-0.25, -0.2) is 9.37 Å². The lowest BCUT2D eigenvalue weighted by atomic mass is 10.0. The minimum Gasteiger partial charge on any atom is -0.327 e. The zero-order valence-electron chi connectivity index (χ0n) is 11.1. The number of rotatable bonds is 5. The summed E-state index contributed by atoms with van der Waals surface area (Å²) in [5.41, 5.74) is 6.92. The zero-order chi connectivity index (χ0) is 14.5. The normalized spacial score (nSPS) is 12.4. The molecule has 0 amide bonds. The van der Waals surface area contributed by atoms with Crippen LogP contribution in [0.1, 0.15) is 18.9 Å². The van der Waals surface area contributed by atoms with E-state index in [4.69, 9.17) is 5.73 Å².